The molecular formula is C15H17N3O5S2. The molecule has 3 rings (SSSR count). The highest BCUT2D eigenvalue weighted by atomic mass is 32.2. The normalized spacial score (nSPS) is 16.3. The Balaban J connectivity index is 1.68. The fourth-order valence-corrected chi connectivity index (χ4v) is 4.25. The standard InChI is InChI=1S/C15H17N3O5S2/c1-25(21,22)18-7-6-17(15(18)20)14(19)16-10-11(12-4-2-8-23-12)13-5-3-9-24-13/h2-5,8-9,11H,6-7,10H2,1H3,(H,16,19)/t11-/m0/s1. The van der Waals surface area contributed by atoms with Crippen LogP contribution in [0.25, 0.3) is 0 Å². The SMILES string of the molecule is CS(=O)(=O)N1CCN(C(=O)NC[C@@H](c2ccco2)c2cccs2)C1=O. The molecule has 1 N–H and O–H groups in total. The van der Waals surface area contributed by atoms with Gasteiger partial charge in [-0.05, 0) is 23.6 Å². The molecule has 1 aliphatic rings. The van der Waals surface area contributed by atoms with Crippen LogP contribution in [0.2, 0.25) is 0 Å². The molecule has 0 aliphatic carbocycles. The number of rotatable bonds is 5. The fourth-order valence-electron chi connectivity index (χ4n) is 2.62. The van der Waals surface area contributed by atoms with Crippen molar-refractivity contribution in [2.45, 2.75) is 5.92 Å². The van der Waals surface area contributed by atoms with Crippen molar-refractivity contribution in [1.82, 2.24) is 14.5 Å². The van der Waals surface area contributed by atoms with Gasteiger partial charge in [-0.15, -0.1) is 11.3 Å². The summed E-state index contributed by atoms with van der Waals surface area (Å²) < 4.78 is 29.2. The number of nitrogens with one attached hydrogen (secondary N) is 1. The van der Waals surface area contributed by atoms with Gasteiger partial charge in [-0.25, -0.2) is 27.2 Å². The molecule has 2 aromatic heterocycles. The quantitative estimate of drug-likeness (QED) is 0.850. The molecule has 8 nitrogen and oxygen atoms in total. The van der Waals surface area contributed by atoms with Crippen LogP contribution in [-0.2, 0) is 10.0 Å². The highest BCUT2D eigenvalue weighted by Gasteiger charge is 2.38. The summed E-state index contributed by atoms with van der Waals surface area (Å²) in [6.07, 6.45) is 2.50. The van der Waals surface area contributed by atoms with Gasteiger partial charge in [0.1, 0.15) is 5.76 Å². The molecule has 134 valence electrons. The molecular weight excluding hydrogens is 366 g/mol. The molecule has 2 aromatic rings. The van der Waals surface area contributed by atoms with E-state index in [-0.39, 0.29) is 25.6 Å². The molecule has 0 unspecified atom stereocenters. The number of amides is 4. The van der Waals surface area contributed by atoms with E-state index in [1.54, 1.807) is 12.3 Å². The van der Waals surface area contributed by atoms with Crippen LogP contribution >= 0.6 is 11.3 Å². The average Bonchev–Trinajstić information content (AvgIpc) is 3.28. The Morgan fingerprint density at radius 1 is 1.36 bits per heavy atom. The summed E-state index contributed by atoms with van der Waals surface area (Å²) >= 11 is 1.54. The minimum Gasteiger partial charge on any atom is -0.469 e. The molecule has 1 saturated heterocycles. The number of urea groups is 2. The van der Waals surface area contributed by atoms with E-state index in [9.17, 15) is 18.0 Å². The maximum atomic E-state index is 12.3. The van der Waals surface area contributed by atoms with Gasteiger partial charge in [-0.3, -0.25) is 0 Å². The lowest BCUT2D eigenvalue weighted by Crippen LogP contribution is -2.44. The van der Waals surface area contributed by atoms with Crippen molar-refractivity contribution < 1.29 is 22.4 Å². The van der Waals surface area contributed by atoms with Crippen LogP contribution in [0.1, 0.15) is 16.6 Å². The molecule has 0 radical (unpaired) electrons. The molecule has 0 saturated carbocycles. The Labute approximate surface area is 149 Å². The first kappa shape index (κ1) is 17.5. The van der Waals surface area contributed by atoms with Crippen LogP contribution < -0.4 is 5.32 Å². The number of sulfonamides is 1. The first-order valence-electron chi connectivity index (χ1n) is 7.52. The zero-order valence-corrected chi connectivity index (χ0v) is 15.0. The molecule has 1 fully saturated rings. The largest absolute Gasteiger partial charge is 0.469 e. The number of thiophene rings is 1. The third-order valence-electron chi connectivity index (χ3n) is 3.85. The summed E-state index contributed by atoms with van der Waals surface area (Å²) in [5.74, 6) is 0.524. The Morgan fingerprint density at radius 3 is 2.72 bits per heavy atom. The van der Waals surface area contributed by atoms with Crippen molar-refractivity contribution in [3.8, 4) is 0 Å². The average molecular weight is 383 g/mol. The topological polar surface area (TPSA) is 99.9 Å². The molecule has 1 aliphatic heterocycles. The number of furan rings is 1. The van der Waals surface area contributed by atoms with Gasteiger partial charge in [-0.1, -0.05) is 6.07 Å². The molecule has 0 bridgehead atoms. The third-order valence-corrected chi connectivity index (χ3v) is 5.97. The number of hydrogen-bond acceptors (Lipinski definition) is 6. The molecule has 4 amide bonds. The minimum atomic E-state index is -3.67. The van der Waals surface area contributed by atoms with Gasteiger partial charge in [0.25, 0.3) is 0 Å². The molecule has 25 heavy (non-hydrogen) atoms. The van der Waals surface area contributed by atoms with E-state index in [0.29, 0.717) is 10.1 Å². The second-order valence-electron chi connectivity index (χ2n) is 5.54. The number of hydrogen-bond donors (Lipinski definition) is 1. The van der Waals surface area contributed by atoms with Crippen LogP contribution in [0.15, 0.2) is 40.3 Å². The molecule has 1 atom stereocenters. The Hall–Kier alpha value is -2.33. The summed E-state index contributed by atoms with van der Waals surface area (Å²) in [5.41, 5.74) is 0. The summed E-state index contributed by atoms with van der Waals surface area (Å²) in [4.78, 5) is 26.3. The lowest BCUT2D eigenvalue weighted by atomic mass is 10.1. The van der Waals surface area contributed by atoms with Crippen molar-refractivity contribution in [2.75, 3.05) is 25.9 Å². The van der Waals surface area contributed by atoms with Crippen LogP contribution in [-0.4, -0.2) is 55.6 Å². The van der Waals surface area contributed by atoms with Gasteiger partial charge < -0.3 is 9.73 Å². The smallest absolute Gasteiger partial charge is 0.341 e. The minimum absolute atomic E-state index is 0.0299. The van der Waals surface area contributed by atoms with E-state index >= 15 is 0 Å². The highest BCUT2D eigenvalue weighted by molar-refractivity contribution is 7.88. The molecule has 0 spiro atoms. The monoisotopic (exact) mass is 383 g/mol. The van der Waals surface area contributed by atoms with Crippen LogP contribution in [0.3, 0.4) is 0 Å². The highest BCUT2D eigenvalue weighted by Crippen LogP contribution is 2.28. The molecule has 10 heteroatoms. The maximum absolute atomic E-state index is 12.3. The van der Waals surface area contributed by atoms with E-state index in [0.717, 1.165) is 16.0 Å². The van der Waals surface area contributed by atoms with Gasteiger partial charge >= 0.3 is 12.1 Å². The first-order chi connectivity index (χ1) is 11.9. The van der Waals surface area contributed by atoms with Crippen molar-refractivity contribution in [3.63, 3.8) is 0 Å². The van der Waals surface area contributed by atoms with Gasteiger partial charge in [0.05, 0.1) is 31.5 Å². The van der Waals surface area contributed by atoms with Crippen molar-refractivity contribution in [2.24, 2.45) is 0 Å². The maximum Gasteiger partial charge on any atom is 0.341 e. The van der Waals surface area contributed by atoms with Gasteiger partial charge in [-0.2, -0.15) is 0 Å². The van der Waals surface area contributed by atoms with Crippen molar-refractivity contribution in [3.05, 3.63) is 46.5 Å². The Morgan fingerprint density at radius 2 is 2.16 bits per heavy atom. The zero-order chi connectivity index (χ0) is 18.0. The van der Waals surface area contributed by atoms with Gasteiger partial charge in [0.15, 0.2) is 0 Å². The molecule has 0 aromatic carbocycles. The number of imide groups is 1. The third kappa shape index (κ3) is 3.69. The summed E-state index contributed by atoms with van der Waals surface area (Å²) in [6, 6.07) is 5.99. The zero-order valence-electron chi connectivity index (χ0n) is 13.4. The van der Waals surface area contributed by atoms with E-state index in [1.807, 2.05) is 23.6 Å². The number of nitrogens with zero attached hydrogens (tertiary/aromatic N) is 2. The summed E-state index contributed by atoms with van der Waals surface area (Å²) in [7, 11) is -3.67. The van der Waals surface area contributed by atoms with Gasteiger partial charge in [0, 0.05) is 11.4 Å². The first-order valence-corrected chi connectivity index (χ1v) is 10.2. The van der Waals surface area contributed by atoms with E-state index in [2.05, 4.69) is 5.32 Å². The van der Waals surface area contributed by atoms with E-state index < -0.39 is 22.1 Å². The second-order valence-corrected chi connectivity index (χ2v) is 8.42. The number of carbonyl (C=O) groups is 2. The number of carbonyl (C=O) groups excluding carboxylic acids is 2. The van der Waals surface area contributed by atoms with Crippen molar-refractivity contribution >= 4 is 33.4 Å². The lowest BCUT2D eigenvalue weighted by Gasteiger charge is -2.19. The lowest BCUT2D eigenvalue weighted by molar-refractivity contribution is 0.193. The van der Waals surface area contributed by atoms with Crippen LogP contribution in [0, 0.1) is 0 Å². The van der Waals surface area contributed by atoms with Crippen LogP contribution in [0.5, 0.6) is 0 Å². The second kappa shape index (κ2) is 6.89. The van der Waals surface area contributed by atoms with Crippen molar-refractivity contribution in [1.29, 1.82) is 0 Å². The molecule has 3 heterocycles. The van der Waals surface area contributed by atoms with Crippen LogP contribution in [0.4, 0.5) is 9.59 Å². The predicted octanol–water partition coefficient (Wildman–Crippen LogP) is 1.88. The predicted molar refractivity (Wildman–Crippen MR) is 91.9 cm³/mol. The fraction of sp³-hybridized carbons (Fsp3) is 0.333. The Kier molecular flexibility index (Phi) is 4.82. The van der Waals surface area contributed by atoms with E-state index in [4.69, 9.17) is 4.42 Å². The summed E-state index contributed by atoms with van der Waals surface area (Å²) in [6.45, 7) is 0.231. The van der Waals surface area contributed by atoms with Gasteiger partial charge in [0.2, 0.25) is 10.0 Å². The Bertz CT molecular complexity index is 812. The van der Waals surface area contributed by atoms with E-state index in [1.165, 1.54) is 11.3 Å². The summed E-state index contributed by atoms with van der Waals surface area (Å²) in [5, 5.41) is 4.63.